The highest BCUT2D eigenvalue weighted by Gasteiger charge is 2.35. The Balaban J connectivity index is 1.44. The Morgan fingerprint density at radius 3 is 2.79 bits per heavy atom. The van der Waals surface area contributed by atoms with Crippen molar-refractivity contribution in [3.63, 3.8) is 0 Å². The molecule has 0 aliphatic carbocycles. The second kappa shape index (κ2) is 6.66. The van der Waals surface area contributed by atoms with Crippen LogP contribution in [0.3, 0.4) is 0 Å². The normalized spacial score (nSPS) is 16.8. The lowest BCUT2D eigenvalue weighted by atomic mass is 9.99. The molecule has 1 aromatic carbocycles. The number of hydrogen-bond acceptors (Lipinski definition) is 4. The van der Waals surface area contributed by atoms with Gasteiger partial charge in [-0.25, -0.2) is 9.97 Å². The van der Waals surface area contributed by atoms with Gasteiger partial charge in [0, 0.05) is 49.9 Å². The number of hydrogen-bond donors (Lipinski definition) is 0. The molecule has 8 heteroatoms. The summed E-state index contributed by atoms with van der Waals surface area (Å²) in [6.45, 7) is 2.17. The molecule has 0 unspecified atom stereocenters. The fourth-order valence-electron chi connectivity index (χ4n) is 4.42. The molecule has 0 saturated carbocycles. The Morgan fingerprint density at radius 2 is 1.97 bits per heavy atom. The predicted molar refractivity (Wildman–Crippen MR) is 101 cm³/mol. The summed E-state index contributed by atoms with van der Waals surface area (Å²) in [6.07, 6.45) is -0.927. The van der Waals surface area contributed by atoms with E-state index in [0.717, 1.165) is 30.3 Å². The molecule has 0 fully saturated rings. The van der Waals surface area contributed by atoms with Gasteiger partial charge in [-0.15, -0.1) is 0 Å². The number of aryl methyl sites for hydroxylation is 2. The number of pyridine rings is 1. The molecule has 0 radical (unpaired) electrons. The van der Waals surface area contributed by atoms with Gasteiger partial charge in [-0.1, -0.05) is 18.2 Å². The van der Waals surface area contributed by atoms with Gasteiger partial charge < -0.3 is 4.57 Å². The van der Waals surface area contributed by atoms with E-state index in [1.807, 2.05) is 22.8 Å². The average molecular weight is 400 g/mol. The number of rotatable bonds is 2. The van der Waals surface area contributed by atoms with Crippen LogP contribution >= 0.6 is 0 Å². The summed E-state index contributed by atoms with van der Waals surface area (Å²) in [5, 5.41) is 1.06. The highest BCUT2D eigenvalue weighted by atomic mass is 19.4. The maximum atomic E-state index is 13.1. The first kappa shape index (κ1) is 18.3. The monoisotopic (exact) mass is 400 g/mol. The van der Waals surface area contributed by atoms with E-state index in [9.17, 15) is 18.0 Å². The molecule has 29 heavy (non-hydrogen) atoms. The van der Waals surface area contributed by atoms with E-state index in [0.29, 0.717) is 42.9 Å². The molecule has 0 saturated heterocycles. The first-order valence-corrected chi connectivity index (χ1v) is 9.69. The van der Waals surface area contributed by atoms with Crippen LogP contribution in [0, 0.1) is 0 Å². The largest absolute Gasteiger partial charge is 0.451 e. The van der Waals surface area contributed by atoms with Crippen LogP contribution in [0.4, 0.5) is 13.2 Å². The zero-order valence-electron chi connectivity index (χ0n) is 15.7. The molecule has 2 aliphatic heterocycles. The van der Waals surface area contributed by atoms with E-state index < -0.39 is 12.0 Å². The van der Waals surface area contributed by atoms with Crippen molar-refractivity contribution in [1.29, 1.82) is 0 Å². The Morgan fingerprint density at radius 1 is 1.10 bits per heavy atom. The van der Waals surface area contributed by atoms with Gasteiger partial charge in [0.2, 0.25) is 5.82 Å². The van der Waals surface area contributed by atoms with Gasteiger partial charge in [-0.2, -0.15) is 13.2 Å². The molecule has 5 nitrogen and oxygen atoms in total. The van der Waals surface area contributed by atoms with E-state index in [1.54, 1.807) is 0 Å². The van der Waals surface area contributed by atoms with Gasteiger partial charge in [0.15, 0.2) is 0 Å². The van der Waals surface area contributed by atoms with E-state index in [2.05, 4.69) is 20.9 Å². The number of para-hydroxylation sites is 1. The summed E-state index contributed by atoms with van der Waals surface area (Å²) >= 11 is 0. The highest BCUT2D eigenvalue weighted by Crippen LogP contribution is 2.28. The highest BCUT2D eigenvalue weighted by molar-refractivity contribution is 5.83. The summed E-state index contributed by atoms with van der Waals surface area (Å²) in [5.41, 5.74) is 4.12. The maximum absolute atomic E-state index is 13.1. The van der Waals surface area contributed by atoms with Crippen LogP contribution in [-0.4, -0.2) is 26.0 Å². The number of halogens is 3. The van der Waals surface area contributed by atoms with E-state index in [-0.39, 0.29) is 5.56 Å². The minimum atomic E-state index is -4.54. The second-order valence-electron chi connectivity index (χ2n) is 7.71. The number of alkyl halides is 3. The van der Waals surface area contributed by atoms with Crippen LogP contribution < -0.4 is 5.56 Å². The van der Waals surface area contributed by atoms with Crippen molar-refractivity contribution in [2.45, 2.75) is 45.1 Å². The lowest BCUT2D eigenvalue weighted by Crippen LogP contribution is -2.35. The topological polar surface area (TPSA) is 51.0 Å². The first-order chi connectivity index (χ1) is 13.9. The lowest BCUT2D eigenvalue weighted by Gasteiger charge is -2.28. The summed E-state index contributed by atoms with van der Waals surface area (Å²) in [4.78, 5) is 22.3. The number of benzene rings is 1. The SMILES string of the molecule is O=c1c(CN2CCc3nc(C(F)(F)F)ncc3C2)cc2cccc3c2n1CCC3. The first-order valence-electron chi connectivity index (χ1n) is 9.69. The fraction of sp³-hybridized carbons (Fsp3) is 0.381. The molecule has 5 rings (SSSR count). The van der Waals surface area contributed by atoms with Gasteiger partial charge in [-0.05, 0) is 29.9 Å². The summed E-state index contributed by atoms with van der Waals surface area (Å²) in [6, 6.07) is 8.09. The van der Waals surface area contributed by atoms with E-state index >= 15 is 0 Å². The van der Waals surface area contributed by atoms with Crippen LogP contribution in [0.1, 0.15) is 34.6 Å². The zero-order valence-corrected chi connectivity index (χ0v) is 15.7. The summed E-state index contributed by atoms with van der Waals surface area (Å²) < 4.78 is 40.4. The van der Waals surface area contributed by atoms with E-state index in [4.69, 9.17) is 0 Å². The Bertz CT molecular complexity index is 1170. The minimum Gasteiger partial charge on any atom is -0.308 e. The van der Waals surface area contributed by atoms with Crippen LogP contribution in [0.25, 0.3) is 10.9 Å². The quantitative estimate of drug-likeness (QED) is 0.662. The Kier molecular flexibility index (Phi) is 4.20. The standard InChI is InChI=1S/C21H19F3N4O/c22-21(23,24)20-25-10-16-12-27(8-6-17(16)26-20)11-15-9-14-4-1-3-13-5-2-7-28(18(13)14)19(15)29/h1,3-4,9-10H,2,5-8,11-12H2. The molecule has 0 N–H and O–H groups in total. The average Bonchev–Trinajstić information content (AvgIpc) is 2.70. The number of aromatic nitrogens is 3. The molecule has 4 heterocycles. The van der Waals surface area contributed by atoms with Crippen molar-refractivity contribution < 1.29 is 13.2 Å². The zero-order chi connectivity index (χ0) is 20.2. The number of fused-ring (bicyclic) bond motifs is 1. The third-order valence-electron chi connectivity index (χ3n) is 5.76. The van der Waals surface area contributed by atoms with Gasteiger partial charge in [-0.3, -0.25) is 9.69 Å². The Hall–Kier alpha value is -2.74. The molecule has 3 aromatic rings. The molecule has 150 valence electrons. The van der Waals surface area contributed by atoms with Crippen molar-refractivity contribution in [3.05, 3.63) is 69.0 Å². The van der Waals surface area contributed by atoms with Crippen molar-refractivity contribution >= 4 is 10.9 Å². The third kappa shape index (κ3) is 3.21. The van der Waals surface area contributed by atoms with Crippen LogP contribution in [0.15, 0.2) is 35.3 Å². The molecular formula is C21H19F3N4O. The van der Waals surface area contributed by atoms with Gasteiger partial charge in [0.25, 0.3) is 5.56 Å². The van der Waals surface area contributed by atoms with Gasteiger partial charge in [0.05, 0.1) is 11.2 Å². The lowest BCUT2D eigenvalue weighted by molar-refractivity contribution is -0.145. The van der Waals surface area contributed by atoms with Gasteiger partial charge >= 0.3 is 6.18 Å². The van der Waals surface area contributed by atoms with Crippen LogP contribution in [-0.2, 0) is 38.7 Å². The van der Waals surface area contributed by atoms with Crippen LogP contribution in [0.2, 0.25) is 0 Å². The smallest absolute Gasteiger partial charge is 0.308 e. The van der Waals surface area contributed by atoms with Crippen molar-refractivity contribution in [1.82, 2.24) is 19.4 Å². The second-order valence-corrected chi connectivity index (χ2v) is 7.71. The van der Waals surface area contributed by atoms with Crippen molar-refractivity contribution in [2.24, 2.45) is 0 Å². The van der Waals surface area contributed by atoms with Crippen molar-refractivity contribution in [3.8, 4) is 0 Å². The molecule has 2 aromatic heterocycles. The summed E-state index contributed by atoms with van der Waals surface area (Å²) in [5.74, 6) is -1.09. The maximum Gasteiger partial charge on any atom is 0.451 e. The predicted octanol–water partition coefficient (Wildman–Crippen LogP) is 3.31. The van der Waals surface area contributed by atoms with E-state index in [1.165, 1.54) is 11.8 Å². The Labute approximate surface area is 164 Å². The van der Waals surface area contributed by atoms with Crippen molar-refractivity contribution in [2.75, 3.05) is 6.54 Å². The summed E-state index contributed by atoms with van der Waals surface area (Å²) in [7, 11) is 0. The molecule has 0 atom stereocenters. The molecular weight excluding hydrogens is 381 g/mol. The molecule has 0 spiro atoms. The third-order valence-corrected chi connectivity index (χ3v) is 5.76. The fourth-order valence-corrected chi connectivity index (χ4v) is 4.42. The molecule has 0 bridgehead atoms. The minimum absolute atomic E-state index is 0.0270. The molecule has 2 aliphatic rings. The van der Waals surface area contributed by atoms with Gasteiger partial charge in [0.1, 0.15) is 0 Å². The number of nitrogens with zero attached hydrogens (tertiary/aromatic N) is 4. The molecule has 0 amide bonds. The van der Waals surface area contributed by atoms with Crippen LogP contribution in [0.5, 0.6) is 0 Å².